The van der Waals surface area contributed by atoms with Crippen LogP contribution >= 0.6 is 6.72 Å². The maximum absolute atomic E-state index is 9.00. The van der Waals surface area contributed by atoms with Crippen LogP contribution in [0.15, 0.2) is 0 Å². The highest BCUT2D eigenvalue weighted by atomic mass is 32.5. The largest absolute Gasteiger partial charge is 0.352 e. The third-order valence-electron chi connectivity index (χ3n) is 0. The van der Waals surface area contributed by atoms with E-state index in [9.17, 15) is 0 Å². The standard InChI is InChI=1S/CH4N2O.H3O3PS/c2-1(3)4;1-4(2,3)5/h(H4,2,3,4);(H3,1,2,3,5). The fourth-order valence-corrected chi connectivity index (χ4v) is 0. The quantitative estimate of drug-likeness (QED) is 0.277. The number of amides is 2. The summed E-state index contributed by atoms with van der Waals surface area (Å²) >= 11 is 3.60. The van der Waals surface area contributed by atoms with Crippen molar-refractivity contribution < 1.29 is 19.5 Å². The molecule has 0 radical (unpaired) electrons. The molecule has 0 aliphatic heterocycles. The van der Waals surface area contributed by atoms with E-state index in [1.165, 1.54) is 0 Å². The second kappa shape index (κ2) is 4.66. The van der Waals surface area contributed by atoms with Crippen molar-refractivity contribution in [2.24, 2.45) is 11.5 Å². The van der Waals surface area contributed by atoms with E-state index in [2.05, 4.69) is 23.3 Å². The molecule has 0 atom stereocenters. The number of hydrogen-bond donors (Lipinski definition) is 5. The van der Waals surface area contributed by atoms with Crippen LogP contribution in [0.2, 0.25) is 0 Å². The van der Waals surface area contributed by atoms with Gasteiger partial charge in [-0.05, 0) is 11.8 Å². The maximum Gasteiger partial charge on any atom is 0.319 e. The van der Waals surface area contributed by atoms with Crippen LogP contribution in [0, 0.1) is 0 Å². The van der Waals surface area contributed by atoms with E-state index in [-0.39, 0.29) is 0 Å². The van der Waals surface area contributed by atoms with Gasteiger partial charge in [0.2, 0.25) is 0 Å². The number of primary amides is 2. The summed E-state index contributed by atoms with van der Waals surface area (Å²) in [5.74, 6) is 0. The lowest BCUT2D eigenvalue weighted by Gasteiger charge is -1.88. The van der Waals surface area contributed by atoms with E-state index in [0.29, 0.717) is 0 Å². The molecule has 0 unspecified atom stereocenters. The van der Waals surface area contributed by atoms with E-state index in [1.54, 1.807) is 0 Å². The predicted molar refractivity (Wildman–Crippen MR) is 34.7 cm³/mol. The Kier molecular flexibility index (Phi) is 5.99. The molecule has 0 aliphatic rings. The van der Waals surface area contributed by atoms with Gasteiger partial charge in [0.25, 0.3) is 0 Å². The topological polar surface area (TPSA) is 130 Å². The van der Waals surface area contributed by atoms with Gasteiger partial charge in [-0.15, -0.1) is 0 Å². The number of urea groups is 1. The molecule has 9 heavy (non-hydrogen) atoms. The van der Waals surface area contributed by atoms with Gasteiger partial charge < -0.3 is 26.1 Å². The van der Waals surface area contributed by atoms with Crippen LogP contribution < -0.4 is 11.5 Å². The normalized spacial score (nSPS) is 9.22. The molecule has 0 aromatic heterocycles. The van der Waals surface area contributed by atoms with Crippen molar-refractivity contribution in [3.8, 4) is 0 Å². The maximum atomic E-state index is 9.00. The highest BCUT2D eigenvalue weighted by Gasteiger charge is 1.92. The summed E-state index contributed by atoms with van der Waals surface area (Å²) in [6.45, 7) is -3.81. The minimum Gasteiger partial charge on any atom is -0.352 e. The zero-order valence-corrected chi connectivity index (χ0v) is 5.97. The SMILES string of the molecule is NC(N)=O.OP(O)(O)=S. The van der Waals surface area contributed by atoms with Crippen molar-refractivity contribution >= 4 is 24.6 Å². The number of carbonyl (C=O) groups is 1. The predicted octanol–water partition coefficient (Wildman–Crippen LogP) is -1.79. The van der Waals surface area contributed by atoms with Crippen molar-refractivity contribution in [1.29, 1.82) is 0 Å². The average molecular weight is 174 g/mol. The monoisotopic (exact) mass is 174 g/mol. The molecule has 0 bridgehead atoms. The summed E-state index contributed by atoms with van der Waals surface area (Å²) in [6, 6.07) is -0.833. The van der Waals surface area contributed by atoms with Crippen LogP contribution in [-0.4, -0.2) is 20.7 Å². The number of hydrogen-bond acceptors (Lipinski definition) is 2. The van der Waals surface area contributed by atoms with E-state index < -0.39 is 12.7 Å². The summed E-state index contributed by atoms with van der Waals surface area (Å²) in [4.78, 5) is 31.7. The molecule has 0 aliphatic carbocycles. The summed E-state index contributed by atoms with van der Waals surface area (Å²) in [7, 11) is 0. The zero-order valence-electron chi connectivity index (χ0n) is 4.26. The number of carbonyl (C=O) groups excluding carboxylic acids is 1. The Balaban J connectivity index is 0. The Hall–Kier alpha value is -0.200. The van der Waals surface area contributed by atoms with Gasteiger partial charge in [0.15, 0.2) is 0 Å². The van der Waals surface area contributed by atoms with Crippen molar-refractivity contribution in [3.63, 3.8) is 0 Å². The van der Waals surface area contributed by atoms with E-state index in [4.69, 9.17) is 19.5 Å². The van der Waals surface area contributed by atoms with E-state index >= 15 is 0 Å². The van der Waals surface area contributed by atoms with Gasteiger partial charge >= 0.3 is 12.7 Å². The molecule has 0 aromatic rings. The first-order valence-corrected chi connectivity index (χ1v) is 4.22. The molecule has 0 spiro atoms. The molecule has 0 saturated heterocycles. The third-order valence-corrected chi connectivity index (χ3v) is 0. The lowest BCUT2D eigenvalue weighted by molar-refractivity contribution is 0.256. The summed E-state index contributed by atoms with van der Waals surface area (Å²) in [6.07, 6.45) is 0. The first kappa shape index (κ1) is 11.6. The van der Waals surface area contributed by atoms with Gasteiger partial charge in [-0.3, -0.25) is 0 Å². The molecule has 0 fully saturated rings. The van der Waals surface area contributed by atoms with Gasteiger partial charge in [0, 0.05) is 0 Å². The Morgan fingerprint density at radius 3 is 1.33 bits per heavy atom. The number of rotatable bonds is 0. The third kappa shape index (κ3) is 6560. The highest BCUT2D eigenvalue weighted by Crippen LogP contribution is 2.26. The first-order chi connectivity index (χ1) is 3.73. The van der Waals surface area contributed by atoms with Crippen LogP contribution in [0.3, 0.4) is 0 Å². The van der Waals surface area contributed by atoms with Crippen molar-refractivity contribution in [2.75, 3.05) is 0 Å². The van der Waals surface area contributed by atoms with Gasteiger partial charge in [-0.25, -0.2) is 4.79 Å². The second-order valence-electron chi connectivity index (χ2n) is 0.916. The Labute approximate surface area is 56.3 Å². The fraction of sp³-hybridized carbons (Fsp3) is 0. The Morgan fingerprint density at radius 2 is 1.33 bits per heavy atom. The van der Waals surface area contributed by atoms with Crippen molar-refractivity contribution in [3.05, 3.63) is 0 Å². The van der Waals surface area contributed by atoms with Crippen LogP contribution in [-0.2, 0) is 11.8 Å². The minimum absolute atomic E-state index is 0.833. The van der Waals surface area contributed by atoms with Crippen LogP contribution in [0.5, 0.6) is 0 Å². The summed E-state index contributed by atoms with van der Waals surface area (Å²) < 4.78 is 0. The number of nitrogens with two attached hydrogens (primary N) is 2. The molecule has 7 N–H and O–H groups in total. The minimum atomic E-state index is -3.81. The fourth-order valence-electron chi connectivity index (χ4n) is 0. The van der Waals surface area contributed by atoms with Gasteiger partial charge in [0.05, 0.1) is 0 Å². The summed E-state index contributed by atoms with van der Waals surface area (Å²) in [5, 5.41) is 0. The van der Waals surface area contributed by atoms with Crippen molar-refractivity contribution in [2.45, 2.75) is 0 Å². The lowest BCUT2D eigenvalue weighted by atomic mass is 11.2. The van der Waals surface area contributed by atoms with Gasteiger partial charge in [-0.2, -0.15) is 0 Å². The Bertz CT molecular complexity index is 118. The molecule has 6 nitrogen and oxygen atoms in total. The molecule has 0 saturated carbocycles. The molecule has 0 aromatic carbocycles. The lowest BCUT2D eigenvalue weighted by Crippen LogP contribution is -2.18. The summed E-state index contributed by atoms with van der Waals surface area (Å²) in [5.41, 5.74) is 8.50. The van der Waals surface area contributed by atoms with E-state index in [0.717, 1.165) is 0 Å². The average Bonchev–Trinajstić information content (AvgIpc) is 1.19. The van der Waals surface area contributed by atoms with E-state index in [1.807, 2.05) is 0 Å². The molecular formula is CH7N2O4PS. The smallest absolute Gasteiger partial charge is 0.319 e. The first-order valence-electron chi connectivity index (χ1n) is 1.56. The molecule has 56 valence electrons. The van der Waals surface area contributed by atoms with Gasteiger partial charge in [-0.1, -0.05) is 0 Å². The zero-order chi connectivity index (χ0) is 8.08. The van der Waals surface area contributed by atoms with Gasteiger partial charge in [0.1, 0.15) is 0 Å². The van der Waals surface area contributed by atoms with Crippen molar-refractivity contribution in [1.82, 2.24) is 0 Å². The second-order valence-corrected chi connectivity index (χ2v) is 3.41. The molecular weight excluding hydrogens is 167 g/mol. The molecule has 0 rings (SSSR count). The van der Waals surface area contributed by atoms with Crippen LogP contribution in [0.1, 0.15) is 0 Å². The van der Waals surface area contributed by atoms with Crippen LogP contribution in [0.25, 0.3) is 0 Å². The molecule has 8 heteroatoms. The Morgan fingerprint density at radius 1 is 1.33 bits per heavy atom. The molecule has 2 amide bonds. The molecule has 0 heterocycles. The van der Waals surface area contributed by atoms with Crippen LogP contribution in [0.4, 0.5) is 4.79 Å². The highest BCUT2D eigenvalue weighted by molar-refractivity contribution is 8.06.